The Kier molecular flexibility index (Phi) is 4.55. The monoisotopic (exact) mass is 484 g/mol. The Morgan fingerprint density at radius 1 is 1.35 bits per heavy atom. The minimum atomic E-state index is -1.11. The smallest absolute Gasteiger partial charge is 0.231 e. The number of imidazole rings is 1. The number of nitrogens with one attached hydrogen (secondary N) is 2. The molecule has 0 saturated heterocycles. The first-order valence-corrected chi connectivity index (χ1v) is 10.7. The highest BCUT2D eigenvalue weighted by atomic mass is 35.5. The summed E-state index contributed by atoms with van der Waals surface area (Å²) < 4.78 is 30.3. The van der Waals surface area contributed by atoms with Crippen LogP contribution in [0.5, 0.6) is 0 Å². The molecule has 14 heteroatoms. The number of tetrazole rings is 1. The molecule has 0 spiro atoms. The predicted molar refractivity (Wildman–Crippen MR) is 116 cm³/mol. The number of hydrogen-bond acceptors (Lipinski definition) is 7. The van der Waals surface area contributed by atoms with Crippen LogP contribution < -0.4 is 5.32 Å². The van der Waals surface area contributed by atoms with Gasteiger partial charge in [0.1, 0.15) is 18.0 Å². The molecule has 6 rings (SSSR count). The third-order valence-electron chi connectivity index (χ3n) is 5.85. The van der Waals surface area contributed by atoms with E-state index in [1.165, 1.54) is 23.5 Å². The number of rotatable bonds is 5. The van der Waals surface area contributed by atoms with Crippen molar-refractivity contribution in [1.82, 2.24) is 44.8 Å². The summed E-state index contributed by atoms with van der Waals surface area (Å²) in [5, 5.41) is 21.4. The maximum absolute atomic E-state index is 15.6. The molecular formula is C20H15ClF2N10O. The van der Waals surface area contributed by atoms with E-state index in [-0.39, 0.29) is 22.8 Å². The molecule has 5 aromatic rings. The Hall–Kier alpha value is -4.00. The zero-order chi connectivity index (χ0) is 23.6. The van der Waals surface area contributed by atoms with E-state index in [1.807, 2.05) is 0 Å². The second kappa shape index (κ2) is 7.52. The van der Waals surface area contributed by atoms with Gasteiger partial charge in [-0.25, -0.2) is 13.8 Å². The Morgan fingerprint density at radius 3 is 2.91 bits per heavy atom. The highest BCUT2D eigenvalue weighted by Crippen LogP contribution is 2.41. The van der Waals surface area contributed by atoms with Gasteiger partial charge in [0.2, 0.25) is 5.91 Å². The molecule has 0 radical (unpaired) electrons. The number of benzene rings is 1. The molecule has 1 fully saturated rings. The maximum atomic E-state index is 15.6. The second-order valence-corrected chi connectivity index (χ2v) is 8.40. The van der Waals surface area contributed by atoms with Crippen LogP contribution in [0.3, 0.4) is 0 Å². The first kappa shape index (κ1) is 20.6. The lowest BCUT2D eigenvalue weighted by Crippen LogP contribution is -2.15. The van der Waals surface area contributed by atoms with Crippen molar-refractivity contribution >= 4 is 39.9 Å². The number of halogens is 3. The van der Waals surface area contributed by atoms with Gasteiger partial charge in [0, 0.05) is 22.7 Å². The topological polar surface area (TPSA) is 132 Å². The quantitative estimate of drug-likeness (QED) is 0.392. The summed E-state index contributed by atoms with van der Waals surface area (Å²) in [6.45, 7) is 1.72. The van der Waals surface area contributed by atoms with Crippen LogP contribution in [0.25, 0.3) is 27.8 Å². The van der Waals surface area contributed by atoms with Crippen LogP contribution >= 0.6 is 11.6 Å². The largest absolute Gasteiger partial charge is 0.309 e. The van der Waals surface area contributed by atoms with Crippen molar-refractivity contribution in [2.24, 2.45) is 5.92 Å². The molecule has 1 aliphatic rings. The molecule has 34 heavy (non-hydrogen) atoms. The number of aromatic amines is 1. The summed E-state index contributed by atoms with van der Waals surface area (Å²) in [5.74, 6) is -1.45. The Bertz CT molecular complexity index is 1560. The molecule has 1 aliphatic carbocycles. The predicted octanol–water partition coefficient (Wildman–Crippen LogP) is 2.96. The van der Waals surface area contributed by atoms with Gasteiger partial charge < -0.3 is 9.72 Å². The summed E-state index contributed by atoms with van der Waals surface area (Å²) >= 11 is 6.52. The van der Waals surface area contributed by atoms with Crippen molar-refractivity contribution in [3.63, 3.8) is 0 Å². The van der Waals surface area contributed by atoms with Crippen molar-refractivity contribution in [2.75, 3.05) is 5.32 Å². The number of alkyl halides is 1. The van der Waals surface area contributed by atoms with Crippen LogP contribution in [0.15, 0.2) is 31.1 Å². The summed E-state index contributed by atoms with van der Waals surface area (Å²) in [6.07, 6.45) is 6.56. The molecule has 0 aliphatic heterocycles. The number of amides is 1. The average molecular weight is 485 g/mol. The number of fused-ring (bicyclic) bond motifs is 2. The molecular weight excluding hydrogens is 470 g/mol. The molecule has 0 bridgehead atoms. The fourth-order valence-corrected chi connectivity index (χ4v) is 4.29. The van der Waals surface area contributed by atoms with Gasteiger partial charge in [0.15, 0.2) is 17.8 Å². The molecule has 1 saturated carbocycles. The van der Waals surface area contributed by atoms with E-state index in [2.05, 4.69) is 40.9 Å². The van der Waals surface area contributed by atoms with Crippen LogP contribution in [-0.2, 0) is 4.79 Å². The highest BCUT2D eigenvalue weighted by Gasteiger charge is 2.43. The summed E-state index contributed by atoms with van der Waals surface area (Å²) in [5.41, 5.74) is 1.80. The lowest BCUT2D eigenvalue weighted by molar-refractivity contribution is -0.117. The third-order valence-corrected chi connectivity index (χ3v) is 6.21. The van der Waals surface area contributed by atoms with Gasteiger partial charge in [-0.15, -0.1) is 10.2 Å². The van der Waals surface area contributed by atoms with Crippen LogP contribution in [0.2, 0.25) is 5.02 Å². The third kappa shape index (κ3) is 3.19. The lowest BCUT2D eigenvalue weighted by atomic mass is 9.99. The van der Waals surface area contributed by atoms with Gasteiger partial charge in [-0.2, -0.15) is 9.90 Å². The standard InChI is InChI=1S/C20H15ClF2N10O/c1-8(33-27-7-26-31-33)15-18(23)17(21)16(10-3-25-30-19(10)15)12-5-32-6-13(28-14(32)4-24-12)29-20(34)9-2-11(9)22/h3-9,11H,2H2,1H3,(H,25,30)(H,29,34)/t8-,9?,11?/m1/s1. The van der Waals surface area contributed by atoms with Crippen molar-refractivity contribution in [2.45, 2.75) is 25.6 Å². The number of aromatic nitrogens is 9. The number of hydrogen-bond donors (Lipinski definition) is 2. The summed E-state index contributed by atoms with van der Waals surface area (Å²) in [7, 11) is 0. The van der Waals surface area contributed by atoms with Crippen molar-refractivity contribution in [3.05, 3.63) is 47.5 Å². The van der Waals surface area contributed by atoms with E-state index in [0.29, 0.717) is 27.8 Å². The van der Waals surface area contributed by atoms with Crippen LogP contribution in [0.4, 0.5) is 14.6 Å². The molecule has 11 nitrogen and oxygen atoms in total. The zero-order valence-corrected chi connectivity index (χ0v) is 18.2. The fourth-order valence-electron chi connectivity index (χ4n) is 3.99. The van der Waals surface area contributed by atoms with Gasteiger partial charge in [0.05, 0.1) is 40.7 Å². The van der Waals surface area contributed by atoms with E-state index in [0.717, 1.165) is 0 Å². The van der Waals surface area contributed by atoms with Crippen LogP contribution in [-0.4, -0.2) is 56.9 Å². The number of H-pyrrole nitrogens is 1. The molecule has 4 aromatic heterocycles. The summed E-state index contributed by atoms with van der Waals surface area (Å²) in [6, 6.07) is -0.609. The highest BCUT2D eigenvalue weighted by molar-refractivity contribution is 6.35. The Morgan fingerprint density at radius 2 is 2.18 bits per heavy atom. The van der Waals surface area contributed by atoms with E-state index in [4.69, 9.17) is 11.6 Å². The molecule has 172 valence electrons. The average Bonchev–Trinajstić information content (AvgIpc) is 3.26. The second-order valence-electron chi connectivity index (χ2n) is 8.02. The van der Waals surface area contributed by atoms with Crippen molar-refractivity contribution in [1.29, 1.82) is 0 Å². The Balaban J connectivity index is 1.43. The van der Waals surface area contributed by atoms with E-state index in [1.54, 1.807) is 23.7 Å². The molecule has 1 amide bonds. The fraction of sp³-hybridized carbons (Fsp3) is 0.250. The minimum Gasteiger partial charge on any atom is -0.309 e. The lowest BCUT2D eigenvalue weighted by Gasteiger charge is -2.16. The Labute approximate surface area is 194 Å². The van der Waals surface area contributed by atoms with Gasteiger partial charge in [-0.05, 0) is 18.6 Å². The van der Waals surface area contributed by atoms with Gasteiger partial charge >= 0.3 is 0 Å². The normalized spacial score (nSPS) is 18.5. The molecule has 3 atom stereocenters. The van der Waals surface area contributed by atoms with Gasteiger partial charge in [-0.1, -0.05) is 11.6 Å². The van der Waals surface area contributed by atoms with Gasteiger partial charge in [-0.3, -0.25) is 14.9 Å². The van der Waals surface area contributed by atoms with Crippen molar-refractivity contribution < 1.29 is 13.6 Å². The number of carbonyl (C=O) groups excluding carboxylic acids is 1. The molecule has 2 unspecified atom stereocenters. The maximum Gasteiger partial charge on any atom is 0.231 e. The first-order valence-electron chi connectivity index (χ1n) is 10.3. The molecule has 1 aromatic carbocycles. The van der Waals surface area contributed by atoms with Crippen LogP contribution in [0, 0.1) is 11.7 Å². The summed E-state index contributed by atoms with van der Waals surface area (Å²) in [4.78, 5) is 22.0. The zero-order valence-electron chi connectivity index (χ0n) is 17.4. The first-order chi connectivity index (χ1) is 16.4. The van der Waals surface area contributed by atoms with Crippen molar-refractivity contribution in [3.8, 4) is 11.3 Å². The number of nitrogens with zero attached hydrogens (tertiary/aromatic N) is 8. The molecule has 4 heterocycles. The van der Waals surface area contributed by atoms with Crippen LogP contribution in [0.1, 0.15) is 24.9 Å². The van der Waals surface area contributed by atoms with E-state index in [9.17, 15) is 9.18 Å². The number of carbonyl (C=O) groups is 1. The molecule has 2 N–H and O–H groups in total. The minimum absolute atomic E-state index is 0.140. The number of anilines is 1. The van der Waals surface area contributed by atoms with Gasteiger partial charge in [0.25, 0.3) is 0 Å². The SMILES string of the molecule is C[C@H](c1c(F)c(Cl)c(-c2cn3cc(NC(=O)C4CC4F)nc3cn2)c2cn[nH]c12)n1ncnn1. The van der Waals surface area contributed by atoms with E-state index < -0.39 is 29.9 Å². The van der Waals surface area contributed by atoms with E-state index >= 15 is 4.39 Å².